The quantitative estimate of drug-likeness (QED) is 0.510. The van der Waals surface area contributed by atoms with Crippen LogP contribution in [0.2, 0.25) is 0 Å². The van der Waals surface area contributed by atoms with Gasteiger partial charge in [0, 0.05) is 12.0 Å². The number of alkyl halides is 2. The number of carbonyl (C=O) groups excluding carboxylic acids is 4. The van der Waals surface area contributed by atoms with Crippen LogP contribution >= 0.6 is 0 Å². The van der Waals surface area contributed by atoms with Crippen LogP contribution in [-0.4, -0.2) is 70.6 Å². The van der Waals surface area contributed by atoms with Crippen LogP contribution in [0.15, 0.2) is 30.3 Å². The van der Waals surface area contributed by atoms with Gasteiger partial charge in [0.2, 0.25) is 11.8 Å². The first-order chi connectivity index (χ1) is 14.0. The number of aldehydes is 1. The summed E-state index contributed by atoms with van der Waals surface area (Å²) in [6.07, 6.45) is -1.54. The first-order valence-electron chi connectivity index (χ1n) is 9.06. The first kappa shape index (κ1) is 22.9. The van der Waals surface area contributed by atoms with Gasteiger partial charge in [-0.25, -0.2) is 8.78 Å². The van der Waals surface area contributed by atoms with Crippen LogP contribution in [-0.2, 0) is 19.2 Å². The summed E-state index contributed by atoms with van der Waals surface area (Å²) in [5, 5.41) is 13.2. The van der Waals surface area contributed by atoms with Gasteiger partial charge in [-0.15, -0.1) is 0 Å². The summed E-state index contributed by atoms with van der Waals surface area (Å²) in [5.74, 6) is -7.29. The van der Waals surface area contributed by atoms with E-state index in [2.05, 4.69) is 10.6 Å². The minimum Gasteiger partial charge on any atom is -0.481 e. The van der Waals surface area contributed by atoms with Crippen LogP contribution < -0.4 is 10.6 Å². The first-order valence-corrected chi connectivity index (χ1v) is 9.06. The van der Waals surface area contributed by atoms with Crippen molar-refractivity contribution >= 4 is 30.0 Å². The molecule has 0 radical (unpaired) electrons. The molecule has 1 unspecified atom stereocenters. The Bertz CT molecular complexity index is 833. The lowest BCUT2D eigenvalue weighted by Gasteiger charge is -2.27. The molecule has 1 aromatic rings. The average Bonchev–Trinajstić information content (AvgIpc) is 3.02. The van der Waals surface area contributed by atoms with Gasteiger partial charge in [-0.05, 0) is 19.1 Å². The molecular formula is C19H21F2N3O6. The Labute approximate surface area is 170 Å². The van der Waals surface area contributed by atoms with Gasteiger partial charge in [0.25, 0.3) is 11.8 Å². The van der Waals surface area contributed by atoms with Crippen molar-refractivity contribution < 1.29 is 37.9 Å². The Morgan fingerprint density at radius 3 is 2.43 bits per heavy atom. The molecular weight excluding hydrogens is 404 g/mol. The molecule has 1 heterocycles. The molecule has 30 heavy (non-hydrogen) atoms. The van der Waals surface area contributed by atoms with E-state index < -0.39 is 67.1 Å². The second-order valence-corrected chi connectivity index (χ2v) is 6.95. The lowest BCUT2D eigenvalue weighted by molar-refractivity contribution is -0.142. The number of likely N-dealkylation sites (tertiary alicyclic amines) is 1. The molecule has 3 atom stereocenters. The molecule has 0 aliphatic carbocycles. The molecule has 0 aromatic heterocycles. The van der Waals surface area contributed by atoms with Crippen molar-refractivity contribution in [3.8, 4) is 0 Å². The van der Waals surface area contributed by atoms with Crippen LogP contribution in [0.1, 0.15) is 30.1 Å². The maximum Gasteiger partial charge on any atom is 0.305 e. The Balaban J connectivity index is 2.11. The summed E-state index contributed by atoms with van der Waals surface area (Å²) in [5.41, 5.74) is 0.265. The van der Waals surface area contributed by atoms with Crippen LogP contribution in [0.25, 0.3) is 0 Å². The van der Waals surface area contributed by atoms with Crippen LogP contribution in [0.5, 0.6) is 0 Å². The lowest BCUT2D eigenvalue weighted by Crippen LogP contribution is -2.54. The molecule has 1 aromatic carbocycles. The minimum atomic E-state index is -3.36. The van der Waals surface area contributed by atoms with Crippen LogP contribution in [0.3, 0.4) is 0 Å². The Morgan fingerprint density at radius 1 is 1.23 bits per heavy atom. The van der Waals surface area contributed by atoms with Gasteiger partial charge in [0.1, 0.15) is 18.4 Å². The average molecular weight is 425 g/mol. The van der Waals surface area contributed by atoms with Crippen LogP contribution in [0, 0.1) is 0 Å². The van der Waals surface area contributed by atoms with Crippen molar-refractivity contribution in [2.75, 3.05) is 6.54 Å². The number of benzene rings is 1. The molecule has 0 spiro atoms. The molecule has 2 rings (SSSR count). The molecule has 1 aliphatic heterocycles. The highest BCUT2D eigenvalue weighted by Gasteiger charge is 2.51. The predicted octanol–water partition coefficient (Wildman–Crippen LogP) is 0.199. The van der Waals surface area contributed by atoms with Crippen molar-refractivity contribution in [3.05, 3.63) is 35.9 Å². The minimum absolute atomic E-state index is 0.175. The number of hydrogen-bond acceptors (Lipinski definition) is 5. The maximum atomic E-state index is 14.0. The van der Waals surface area contributed by atoms with E-state index in [1.54, 1.807) is 18.2 Å². The molecule has 11 heteroatoms. The Morgan fingerprint density at radius 2 is 1.87 bits per heavy atom. The van der Waals surface area contributed by atoms with E-state index in [0.29, 0.717) is 4.90 Å². The van der Waals surface area contributed by atoms with E-state index in [-0.39, 0.29) is 11.8 Å². The van der Waals surface area contributed by atoms with E-state index in [4.69, 9.17) is 5.11 Å². The van der Waals surface area contributed by atoms with E-state index in [1.165, 1.54) is 19.1 Å². The van der Waals surface area contributed by atoms with E-state index in [9.17, 15) is 32.8 Å². The molecule has 3 N–H and O–H groups in total. The van der Waals surface area contributed by atoms with Crippen molar-refractivity contribution in [2.24, 2.45) is 0 Å². The highest BCUT2D eigenvalue weighted by molar-refractivity contribution is 5.98. The van der Waals surface area contributed by atoms with Crippen molar-refractivity contribution in [1.82, 2.24) is 15.5 Å². The third-order valence-corrected chi connectivity index (χ3v) is 4.50. The van der Waals surface area contributed by atoms with E-state index in [0.717, 1.165) is 0 Å². The number of rotatable bonds is 8. The SMILES string of the molecule is C[C@H](NC(=O)c1ccccc1)C(=O)N1CC(F)(F)CC1C(=O)N[C@H](C=O)CC(=O)O. The standard InChI is InChI=1S/C19H21F2N3O6/c1-11(22-16(28)12-5-3-2-4-6-12)18(30)24-10-19(20,21)8-14(24)17(29)23-13(9-25)7-15(26)27/h2-6,9,11,13-14H,7-8,10H2,1H3,(H,22,28)(H,23,29)(H,26,27)/t11-,13-,14?/m0/s1. The number of carboxylic acids is 1. The number of hydrogen-bond donors (Lipinski definition) is 3. The molecule has 162 valence electrons. The van der Waals surface area contributed by atoms with E-state index >= 15 is 0 Å². The number of carboxylic acid groups (broad SMARTS) is 1. The summed E-state index contributed by atoms with van der Waals surface area (Å²) >= 11 is 0. The summed E-state index contributed by atoms with van der Waals surface area (Å²) in [7, 11) is 0. The molecule has 1 aliphatic rings. The molecule has 0 bridgehead atoms. The zero-order valence-electron chi connectivity index (χ0n) is 16.0. The topological polar surface area (TPSA) is 133 Å². The van der Waals surface area contributed by atoms with Gasteiger partial charge in [-0.1, -0.05) is 18.2 Å². The molecule has 0 saturated carbocycles. The fraction of sp³-hybridized carbons (Fsp3) is 0.421. The van der Waals surface area contributed by atoms with Gasteiger partial charge in [0.15, 0.2) is 0 Å². The highest BCUT2D eigenvalue weighted by atomic mass is 19.3. The van der Waals surface area contributed by atoms with Crippen LogP contribution in [0.4, 0.5) is 8.78 Å². The number of aliphatic carboxylic acids is 1. The van der Waals surface area contributed by atoms with Crippen molar-refractivity contribution in [2.45, 2.75) is 43.8 Å². The maximum absolute atomic E-state index is 14.0. The molecule has 9 nitrogen and oxygen atoms in total. The number of amides is 3. The van der Waals surface area contributed by atoms with Crippen molar-refractivity contribution in [1.29, 1.82) is 0 Å². The fourth-order valence-corrected chi connectivity index (χ4v) is 3.06. The normalized spacial score (nSPS) is 19.4. The van der Waals surface area contributed by atoms with Gasteiger partial charge in [-0.2, -0.15) is 0 Å². The monoisotopic (exact) mass is 425 g/mol. The summed E-state index contributed by atoms with van der Waals surface area (Å²) < 4.78 is 27.9. The smallest absolute Gasteiger partial charge is 0.305 e. The largest absolute Gasteiger partial charge is 0.481 e. The third-order valence-electron chi connectivity index (χ3n) is 4.50. The fourth-order valence-electron chi connectivity index (χ4n) is 3.06. The lowest BCUT2D eigenvalue weighted by atomic mass is 10.1. The summed E-state index contributed by atoms with van der Waals surface area (Å²) in [6.45, 7) is 0.257. The van der Waals surface area contributed by atoms with Gasteiger partial charge in [-0.3, -0.25) is 19.2 Å². The molecule has 1 fully saturated rings. The van der Waals surface area contributed by atoms with Gasteiger partial charge in [0.05, 0.1) is 19.0 Å². The summed E-state index contributed by atoms with van der Waals surface area (Å²) in [6, 6.07) is 3.70. The second kappa shape index (κ2) is 9.42. The Kier molecular flexibility index (Phi) is 7.19. The predicted molar refractivity (Wildman–Crippen MR) is 98.7 cm³/mol. The van der Waals surface area contributed by atoms with Crippen molar-refractivity contribution in [3.63, 3.8) is 0 Å². The number of nitrogens with zero attached hydrogens (tertiary/aromatic N) is 1. The summed E-state index contributed by atoms with van der Waals surface area (Å²) in [4.78, 5) is 59.6. The zero-order chi connectivity index (χ0) is 22.5. The number of carbonyl (C=O) groups is 5. The highest BCUT2D eigenvalue weighted by Crippen LogP contribution is 2.32. The second-order valence-electron chi connectivity index (χ2n) is 6.95. The Hall–Kier alpha value is -3.37. The zero-order valence-corrected chi connectivity index (χ0v) is 16.0. The third kappa shape index (κ3) is 5.82. The number of halogens is 2. The van der Waals surface area contributed by atoms with Gasteiger partial charge >= 0.3 is 5.97 Å². The molecule has 3 amide bonds. The van der Waals surface area contributed by atoms with E-state index in [1.807, 2.05) is 0 Å². The number of nitrogens with one attached hydrogen (secondary N) is 2. The van der Waals surface area contributed by atoms with Gasteiger partial charge < -0.3 is 25.4 Å². The molecule has 1 saturated heterocycles.